The molecule has 11 heteroatoms. The summed E-state index contributed by atoms with van der Waals surface area (Å²) >= 11 is 6.73. The van der Waals surface area contributed by atoms with Gasteiger partial charge in [0.15, 0.2) is 6.10 Å². The van der Waals surface area contributed by atoms with E-state index < -0.39 is 22.1 Å². The molecule has 1 aromatic carbocycles. The minimum Gasteiger partial charge on any atom is -0.449 e. The predicted molar refractivity (Wildman–Crippen MR) is 118 cm³/mol. The van der Waals surface area contributed by atoms with Crippen LogP contribution in [0.4, 0.5) is 5.69 Å². The SMILES string of the molecule is C[C@@H]1CN(C(=O)[C@@H](C)OC(=O)c2ccccc2NS(=O)(=O)c2ccc(Cl)s2)C[C@@H](C)O1. The molecule has 3 rings (SSSR count). The molecule has 1 aliphatic heterocycles. The molecule has 3 atom stereocenters. The number of hydrogen-bond acceptors (Lipinski definition) is 7. The second-order valence-corrected chi connectivity index (χ2v) is 10.9. The van der Waals surface area contributed by atoms with Crippen molar-refractivity contribution in [3.05, 3.63) is 46.3 Å². The third-order valence-corrected chi connectivity index (χ3v) is 7.66. The van der Waals surface area contributed by atoms with E-state index in [1.165, 1.54) is 31.2 Å². The highest BCUT2D eigenvalue weighted by molar-refractivity contribution is 7.94. The van der Waals surface area contributed by atoms with Gasteiger partial charge < -0.3 is 14.4 Å². The number of halogens is 1. The van der Waals surface area contributed by atoms with Gasteiger partial charge in [0.1, 0.15) is 4.21 Å². The molecular formula is C20H23ClN2O6S2. The van der Waals surface area contributed by atoms with Gasteiger partial charge in [0.2, 0.25) is 0 Å². The van der Waals surface area contributed by atoms with Gasteiger partial charge in [-0.3, -0.25) is 9.52 Å². The molecule has 0 spiro atoms. The van der Waals surface area contributed by atoms with Crippen molar-refractivity contribution in [2.75, 3.05) is 17.8 Å². The number of para-hydroxylation sites is 1. The van der Waals surface area contributed by atoms with Crippen molar-refractivity contribution in [1.29, 1.82) is 0 Å². The van der Waals surface area contributed by atoms with E-state index in [9.17, 15) is 18.0 Å². The molecule has 0 unspecified atom stereocenters. The third-order valence-electron chi connectivity index (χ3n) is 4.57. The van der Waals surface area contributed by atoms with E-state index in [4.69, 9.17) is 21.1 Å². The molecule has 0 aliphatic carbocycles. The largest absolute Gasteiger partial charge is 0.449 e. The fraction of sp³-hybridized carbons (Fsp3) is 0.400. The molecular weight excluding hydrogens is 464 g/mol. The van der Waals surface area contributed by atoms with Gasteiger partial charge in [-0.1, -0.05) is 23.7 Å². The molecule has 2 aromatic rings. The van der Waals surface area contributed by atoms with E-state index >= 15 is 0 Å². The van der Waals surface area contributed by atoms with Crippen LogP contribution in [0.5, 0.6) is 0 Å². The van der Waals surface area contributed by atoms with E-state index in [1.807, 2.05) is 13.8 Å². The molecule has 1 aliphatic rings. The van der Waals surface area contributed by atoms with Gasteiger partial charge in [-0.05, 0) is 45.0 Å². The number of amides is 1. The third kappa shape index (κ3) is 5.76. The van der Waals surface area contributed by atoms with Crippen LogP contribution < -0.4 is 4.72 Å². The first-order valence-electron chi connectivity index (χ1n) is 9.59. The Kier molecular flexibility index (Phi) is 7.25. The maximum absolute atomic E-state index is 12.7. The van der Waals surface area contributed by atoms with Crippen LogP contribution in [0.3, 0.4) is 0 Å². The Labute approximate surface area is 190 Å². The summed E-state index contributed by atoms with van der Waals surface area (Å²) < 4.78 is 38.9. The zero-order valence-electron chi connectivity index (χ0n) is 17.2. The average Bonchev–Trinajstić information content (AvgIpc) is 3.14. The number of thiophene rings is 1. The maximum atomic E-state index is 12.7. The monoisotopic (exact) mass is 486 g/mol. The summed E-state index contributed by atoms with van der Waals surface area (Å²) in [6.07, 6.45) is -1.27. The van der Waals surface area contributed by atoms with E-state index in [-0.39, 0.29) is 33.6 Å². The van der Waals surface area contributed by atoms with Gasteiger partial charge in [-0.25, -0.2) is 13.2 Å². The maximum Gasteiger partial charge on any atom is 0.341 e. The van der Waals surface area contributed by atoms with Gasteiger partial charge >= 0.3 is 5.97 Å². The van der Waals surface area contributed by atoms with Gasteiger partial charge in [0.25, 0.3) is 15.9 Å². The number of carbonyl (C=O) groups excluding carboxylic acids is 2. The van der Waals surface area contributed by atoms with Crippen molar-refractivity contribution < 1.29 is 27.5 Å². The summed E-state index contributed by atoms with van der Waals surface area (Å²) in [7, 11) is -3.94. The summed E-state index contributed by atoms with van der Waals surface area (Å²) in [5.74, 6) is -1.14. The van der Waals surface area contributed by atoms with Crippen molar-refractivity contribution in [2.45, 2.75) is 43.3 Å². The number of rotatable bonds is 6. The van der Waals surface area contributed by atoms with Gasteiger partial charge in [-0.2, -0.15) is 0 Å². The molecule has 168 valence electrons. The highest BCUT2D eigenvalue weighted by atomic mass is 35.5. The van der Waals surface area contributed by atoms with Crippen molar-refractivity contribution in [2.24, 2.45) is 0 Å². The summed E-state index contributed by atoms with van der Waals surface area (Å²) in [5.41, 5.74) is 0.0439. The first-order chi connectivity index (χ1) is 14.6. The number of esters is 1. The Balaban J connectivity index is 1.73. The number of carbonyl (C=O) groups is 2. The van der Waals surface area contributed by atoms with Crippen LogP contribution in [-0.2, 0) is 24.3 Å². The summed E-state index contributed by atoms with van der Waals surface area (Å²) in [5, 5.41) is 0. The first kappa shape index (κ1) is 23.5. The number of nitrogens with zero attached hydrogens (tertiary/aromatic N) is 1. The molecule has 1 amide bonds. The number of morpholine rings is 1. The highest BCUT2D eigenvalue weighted by Crippen LogP contribution is 2.28. The first-order valence-corrected chi connectivity index (χ1v) is 12.3. The second kappa shape index (κ2) is 9.56. The number of nitrogens with one attached hydrogen (secondary N) is 1. The van der Waals surface area contributed by atoms with E-state index in [0.717, 1.165) is 11.3 Å². The van der Waals surface area contributed by atoms with Crippen molar-refractivity contribution >= 4 is 50.5 Å². The minimum absolute atomic E-state index is 0.00269. The lowest BCUT2D eigenvalue weighted by molar-refractivity contribution is -0.151. The van der Waals surface area contributed by atoms with Gasteiger partial charge in [0.05, 0.1) is 27.8 Å². The molecule has 0 radical (unpaired) electrons. The second-order valence-electron chi connectivity index (χ2n) is 7.26. The Morgan fingerprint density at radius 1 is 1.19 bits per heavy atom. The fourth-order valence-corrected chi connectivity index (χ4v) is 5.84. The standard InChI is InChI=1S/C20H23ClN2O6S2/c1-12-10-23(11-13(2)28-12)19(24)14(3)29-20(25)15-6-4-5-7-16(15)22-31(26,27)18-9-8-17(21)30-18/h4-9,12-14,22H,10-11H2,1-3H3/t12-,13-,14-/m1/s1. The molecule has 31 heavy (non-hydrogen) atoms. The molecule has 0 saturated carbocycles. The lowest BCUT2D eigenvalue weighted by atomic mass is 10.2. The summed E-state index contributed by atoms with van der Waals surface area (Å²) in [4.78, 5) is 27.1. The Morgan fingerprint density at radius 3 is 2.45 bits per heavy atom. The van der Waals surface area contributed by atoms with Crippen molar-refractivity contribution in [3.8, 4) is 0 Å². The smallest absolute Gasteiger partial charge is 0.341 e. The van der Waals surface area contributed by atoms with Crippen LogP contribution in [0.2, 0.25) is 4.34 Å². The molecule has 8 nitrogen and oxygen atoms in total. The summed E-state index contributed by atoms with van der Waals surface area (Å²) in [6.45, 7) is 6.05. The highest BCUT2D eigenvalue weighted by Gasteiger charge is 2.31. The molecule has 2 heterocycles. The Morgan fingerprint density at radius 2 is 1.84 bits per heavy atom. The van der Waals surface area contributed by atoms with E-state index in [2.05, 4.69) is 4.72 Å². The van der Waals surface area contributed by atoms with Crippen LogP contribution in [-0.4, -0.2) is 56.6 Å². The van der Waals surface area contributed by atoms with E-state index in [0.29, 0.717) is 17.4 Å². The molecule has 1 aromatic heterocycles. The van der Waals surface area contributed by atoms with Crippen molar-refractivity contribution in [3.63, 3.8) is 0 Å². The molecule has 1 N–H and O–H groups in total. The minimum atomic E-state index is -3.94. The lowest BCUT2D eigenvalue weighted by Gasteiger charge is -2.36. The van der Waals surface area contributed by atoms with Crippen molar-refractivity contribution in [1.82, 2.24) is 4.90 Å². The van der Waals surface area contributed by atoms with Crippen LogP contribution in [0.1, 0.15) is 31.1 Å². The molecule has 1 fully saturated rings. The quantitative estimate of drug-likeness (QED) is 0.628. The molecule has 1 saturated heterocycles. The number of anilines is 1. The van der Waals surface area contributed by atoms with Gasteiger partial charge in [0, 0.05) is 13.1 Å². The zero-order valence-corrected chi connectivity index (χ0v) is 19.6. The fourth-order valence-electron chi connectivity index (χ4n) is 3.28. The normalized spacial score (nSPS) is 20.2. The summed E-state index contributed by atoms with van der Waals surface area (Å²) in [6, 6.07) is 8.89. The number of benzene rings is 1. The van der Waals surface area contributed by atoms with Crippen LogP contribution >= 0.6 is 22.9 Å². The number of sulfonamides is 1. The predicted octanol–water partition coefficient (Wildman–Crippen LogP) is 3.38. The molecule has 0 bridgehead atoms. The van der Waals surface area contributed by atoms with Gasteiger partial charge in [-0.15, -0.1) is 11.3 Å². The number of hydrogen-bond donors (Lipinski definition) is 1. The Hall–Kier alpha value is -2.14. The Bertz CT molecular complexity index is 1060. The lowest BCUT2D eigenvalue weighted by Crippen LogP contribution is -2.51. The number of ether oxygens (including phenoxy) is 2. The topological polar surface area (TPSA) is 102 Å². The van der Waals surface area contributed by atoms with Crippen LogP contribution in [0.25, 0.3) is 0 Å². The van der Waals surface area contributed by atoms with E-state index in [1.54, 1.807) is 17.0 Å². The average molecular weight is 487 g/mol. The van der Waals surface area contributed by atoms with Crippen LogP contribution in [0, 0.1) is 0 Å². The van der Waals surface area contributed by atoms with Crippen LogP contribution in [0.15, 0.2) is 40.6 Å². The zero-order chi connectivity index (χ0) is 22.8.